The zero-order valence-corrected chi connectivity index (χ0v) is 10.1. The van der Waals surface area contributed by atoms with Gasteiger partial charge in [0, 0.05) is 12.2 Å². The number of carboxylic acid groups (broad SMARTS) is 1. The van der Waals surface area contributed by atoms with Gasteiger partial charge in [-0.15, -0.1) is 0 Å². The standard InChI is InChI=1S/C10H17NO4S/c1-2-5-16-7-8(6-12)11-9(13)3-4-10(14)15/h6,8H,2-5,7H2,1H3,(H,11,13)(H,14,15)/t8-/m1/s1. The Morgan fingerprint density at radius 1 is 1.44 bits per heavy atom. The lowest BCUT2D eigenvalue weighted by atomic mass is 10.3. The lowest BCUT2D eigenvalue weighted by Gasteiger charge is -2.11. The van der Waals surface area contributed by atoms with E-state index in [9.17, 15) is 14.4 Å². The summed E-state index contributed by atoms with van der Waals surface area (Å²) in [5, 5.41) is 10.9. The smallest absolute Gasteiger partial charge is 0.303 e. The molecule has 0 aromatic rings. The Bertz CT molecular complexity index is 245. The van der Waals surface area contributed by atoms with Crippen molar-refractivity contribution in [2.75, 3.05) is 11.5 Å². The summed E-state index contributed by atoms with van der Waals surface area (Å²) in [5.74, 6) is 0.0700. The molecule has 0 heterocycles. The number of thioether (sulfide) groups is 1. The van der Waals surface area contributed by atoms with Crippen LogP contribution < -0.4 is 5.32 Å². The fourth-order valence-electron chi connectivity index (χ4n) is 0.969. The summed E-state index contributed by atoms with van der Waals surface area (Å²) in [5.41, 5.74) is 0. The molecule has 0 aliphatic carbocycles. The molecular weight excluding hydrogens is 230 g/mol. The number of hydrogen-bond donors (Lipinski definition) is 2. The lowest BCUT2D eigenvalue weighted by molar-refractivity contribution is -0.138. The summed E-state index contributed by atoms with van der Waals surface area (Å²) in [6.45, 7) is 2.04. The first-order chi connectivity index (χ1) is 7.60. The molecule has 92 valence electrons. The minimum Gasteiger partial charge on any atom is -0.481 e. The first-order valence-corrected chi connectivity index (χ1v) is 6.29. The Balaban J connectivity index is 3.78. The highest BCUT2D eigenvalue weighted by Gasteiger charge is 2.12. The third kappa shape index (κ3) is 8.28. The Morgan fingerprint density at radius 2 is 2.12 bits per heavy atom. The number of carbonyl (C=O) groups is 3. The molecule has 0 saturated heterocycles. The molecule has 0 bridgehead atoms. The van der Waals surface area contributed by atoms with Gasteiger partial charge in [0.25, 0.3) is 0 Å². The van der Waals surface area contributed by atoms with Crippen LogP contribution in [0.1, 0.15) is 26.2 Å². The molecular formula is C10H17NO4S. The van der Waals surface area contributed by atoms with Gasteiger partial charge in [-0.1, -0.05) is 6.92 Å². The van der Waals surface area contributed by atoms with Crippen molar-refractivity contribution in [2.45, 2.75) is 32.2 Å². The van der Waals surface area contributed by atoms with Crippen LogP contribution in [0, 0.1) is 0 Å². The molecule has 0 aliphatic heterocycles. The number of aldehydes is 1. The van der Waals surface area contributed by atoms with Crippen molar-refractivity contribution in [1.29, 1.82) is 0 Å². The summed E-state index contributed by atoms with van der Waals surface area (Å²) in [6.07, 6.45) is 1.40. The van der Waals surface area contributed by atoms with Crippen LogP contribution in [0.25, 0.3) is 0 Å². The average Bonchev–Trinajstić information content (AvgIpc) is 2.25. The Kier molecular flexibility index (Phi) is 8.61. The molecule has 16 heavy (non-hydrogen) atoms. The van der Waals surface area contributed by atoms with E-state index in [0.29, 0.717) is 12.0 Å². The molecule has 0 unspecified atom stereocenters. The average molecular weight is 247 g/mol. The molecule has 5 nitrogen and oxygen atoms in total. The van der Waals surface area contributed by atoms with Gasteiger partial charge in [0.05, 0.1) is 12.5 Å². The fourth-order valence-corrected chi connectivity index (χ4v) is 1.84. The third-order valence-corrected chi connectivity index (χ3v) is 3.01. The minimum absolute atomic E-state index is 0.0852. The van der Waals surface area contributed by atoms with E-state index in [1.165, 1.54) is 0 Å². The summed E-state index contributed by atoms with van der Waals surface area (Å²) in [7, 11) is 0. The third-order valence-electron chi connectivity index (χ3n) is 1.72. The maximum Gasteiger partial charge on any atom is 0.303 e. The van der Waals surface area contributed by atoms with E-state index in [-0.39, 0.29) is 12.8 Å². The Labute approximate surface area is 99.0 Å². The molecule has 0 rings (SSSR count). The van der Waals surface area contributed by atoms with Gasteiger partial charge in [-0.25, -0.2) is 0 Å². The zero-order valence-electron chi connectivity index (χ0n) is 9.27. The SMILES string of the molecule is CCCSC[C@@H](C=O)NC(=O)CCC(=O)O. The highest BCUT2D eigenvalue weighted by atomic mass is 32.2. The summed E-state index contributed by atoms with van der Waals surface area (Å²) in [4.78, 5) is 32.1. The maximum absolute atomic E-state index is 11.2. The van der Waals surface area contributed by atoms with E-state index in [1.54, 1.807) is 11.8 Å². The monoisotopic (exact) mass is 247 g/mol. The molecule has 1 atom stereocenters. The fraction of sp³-hybridized carbons (Fsp3) is 0.700. The van der Waals surface area contributed by atoms with Crippen LogP contribution in [0.4, 0.5) is 0 Å². The molecule has 0 aliphatic rings. The highest BCUT2D eigenvalue weighted by molar-refractivity contribution is 7.99. The van der Waals surface area contributed by atoms with Crippen molar-refractivity contribution in [3.8, 4) is 0 Å². The van der Waals surface area contributed by atoms with Crippen molar-refractivity contribution in [2.24, 2.45) is 0 Å². The van der Waals surface area contributed by atoms with Crippen molar-refractivity contribution in [3.05, 3.63) is 0 Å². The number of carbonyl (C=O) groups excluding carboxylic acids is 2. The van der Waals surface area contributed by atoms with Crippen LogP contribution in [0.15, 0.2) is 0 Å². The van der Waals surface area contributed by atoms with Gasteiger partial charge in [-0.2, -0.15) is 11.8 Å². The zero-order chi connectivity index (χ0) is 12.4. The van der Waals surface area contributed by atoms with Crippen LogP contribution >= 0.6 is 11.8 Å². The van der Waals surface area contributed by atoms with E-state index in [1.807, 2.05) is 6.92 Å². The predicted octanol–water partition coefficient (Wildman–Crippen LogP) is 0.678. The van der Waals surface area contributed by atoms with Crippen molar-refractivity contribution >= 4 is 29.9 Å². The largest absolute Gasteiger partial charge is 0.481 e. The first kappa shape index (κ1) is 15.0. The van der Waals surface area contributed by atoms with Gasteiger partial charge in [-0.3, -0.25) is 9.59 Å². The van der Waals surface area contributed by atoms with E-state index >= 15 is 0 Å². The minimum atomic E-state index is -1.02. The summed E-state index contributed by atoms with van der Waals surface area (Å²) in [6, 6.07) is -0.516. The molecule has 0 aromatic carbocycles. The van der Waals surface area contributed by atoms with Gasteiger partial charge in [0.1, 0.15) is 6.29 Å². The number of rotatable bonds is 9. The topological polar surface area (TPSA) is 83.5 Å². The Hall–Kier alpha value is -1.04. The van der Waals surface area contributed by atoms with E-state index < -0.39 is 17.9 Å². The van der Waals surface area contributed by atoms with Crippen LogP contribution in [0.5, 0.6) is 0 Å². The second-order valence-corrected chi connectivity index (χ2v) is 4.43. The normalized spacial score (nSPS) is 11.8. The molecule has 6 heteroatoms. The number of hydrogen-bond acceptors (Lipinski definition) is 4. The number of nitrogens with one attached hydrogen (secondary N) is 1. The molecule has 0 aromatic heterocycles. The highest BCUT2D eigenvalue weighted by Crippen LogP contribution is 2.03. The van der Waals surface area contributed by atoms with E-state index in [0.717, 1.165) is 12.2 Å². The molecule has 0 saturated carbocycles. The molecule has 2 N–H and O–H groups in total. The summed E-state index contributed by atoms with van der Waals surface area (Å²) >= 11 is 1.59. The molecule has 0 spiro atoms. The van der Waals surface area contributed by atoms with Crippen LogP contribution in [0.2, 0.25) is 0 Å². The summed E-state index contributed by atoms with van der Waals surface area (Å²) < 4.78 is 0. The molecule has 1 amide bonds. The van der Waals surface area contributed by atoms with Crippen LogP contribution in [-0.4, -0.2) is 40.8 Å². The number of amides is 1. The van der Waals surface area contributed by atoms with E-state index in [2.05, 4.69) is 5.32 Å². The second kappa shape index (κ2) is 9.21. The van der Waals surface area contributed by atoms with Crippen LogP contribution in [-0.2, 0) is 14.4 Å². The van der Waals surface area contributed by atoms with Crippen LogP contribution in [0.3, 0.4) is 0 Å². The van der Waals surface area contributed by atoms with Gasteiger partial charge in [0.2, 0.25) is 5.91 Å². The van der Waals surface area contributed by atoms with Gasteiger partial charge in [-0.05, 0) is 12.2 Å². The maximum atomic E-state index is 11.2. The van der Waals surface area contributed by atoms with Gasteiger partial charge in [0.15, 0.2) is 0 Å². The van der Waals surface area contributed by atoms with Crippen molar-refractivity contribution in [3.63, 3.8) is 0 Å². The molecule has 0 fully saturated rings. The quantitative estimate of drug-likeness (QED) is 0.462. The number of carboxylic acids is 1. The number of aliphatic carboxylic acids is 1. The van der Waals surface area contributed by atoms with Gasteiger partial charge < -0.3 is 15.2 Å². The van der Waals surface area contributed by atoms with Crippen molar-refractivity contribution in [1.82, 2.24) is 5.32 Å². The second-order valence-electron chi connectivity index (χ2n) is 3.28. The van der Waals surface area contributed by atoms with Crippen molar-refractivity contribution < 1.29 is 19.5 Å². The Morgan fingerprint density at radius 3 is 2.62 bits per heavy atom. The van der Waals surface area contributed by atoms with Gasteiger partial charge >= 0.3 is 5.97 Å². The first-order valence-electron chi connectivity index (χ1n) is 5.14. The molecule has 0 radical (unpaired) electrons. The predicted molar refractivity (Wildman–Crippen MR) is 62.5 cm³/mol. The lowest BCUT2D eigenvalue weighted by Crippen LogP contribution is -2.38. The van der Waals surface area contributed by atoms with E-state index in [4.69, 9.17) is 5.11 Å².